The standard InChI is InChI=1S/C13H18N2O3/c1-9-3-4-11(14(9)2)12(16)15-7-5-10(6-8-15)13(17)18/h3-4,10H,5-8H2,1-2H3,(H,17,18). The van der Waals surface area contributed by atoms with Gasteiger partial charge in [0.15, 0.2) is 0 Å². The molecule has 0 unspecified atom stereocenters. The predicted octanol–water partition coefficient (Wildman–Crippen LogP) is 1.27. The van der Waals surface area contributed by atoms with Crippen molar-refractivity contribution in [1.29, 1.82) is 0 Å². The molecule has 0 bridgehead atoms. The Bertz CT molecular complexity index is 471. The van der Waals surface area contributed by atoms with Gasteiger partial charge >= 0.3 is 5.97 Å². The summed E-state index contributed by atoms with van der Waals surface area (Å²) < 4.78 is 1.87. The Morgan fingerprint density at radius 2 is 1.89 bits per heavy atom. The van der Waals surface area contributed by atoms with Crippen LogP contribution in [-0.2, 0) is 11.8 Å². The van der Waals surface area contributed by atoms with Gasteiger partial charge in [-0.3, -0.25) is 9.59 Å². The van der Waals surface area contributed by atoms with Gasteiger partial charge in [0.25, 0.3) is 5.91 Å². The Balaban J connectivity index is 2.04. The third kappa shape index (κ3) is 2.25. The van der Waals surface area contributed by atoms with Crippen molar-refractivity contribution in [2.75, 3.05) is 13.1 Å². The Morgan fingerprint density at radius 1 is 1.28 bits per heavy atom. The summed E-state index contributed by atoms with van der Waals surface area (Å²) in [5.41, 5.74) is 1.71. The van der Waals surface area contributed by atoms with Gasteiger partial charge in [0.2, 0.25) is 0 Å². The fourth-order valence-corrected chi connectivity index (χ4v) is 2.32. The molecule has 1 N–H and O–H groups in total. The maximum atomic E-state index is 12.3. The normalized spacial score (nSPS) is 16.9. The Morgan fingerprint density at radius 3 is 2.33 bits per heavy atom. The van der Waals surface area contributed by atoms with Gasteiger partial charge in [0.05, 0.1) is 5.92 Å². The van der Waals surface area contributed by atoms with Crippen molar-refractivity contribution in [3.8, 4) is 0 Å². The lowest BCUT2D eigenvalue weighted by atomic mass is 9.97. The predicted molar refractivity (Wildman–Crippen MR) is 66.4 cm³/mol. The number of hydrogen-bond donors (Lipinski definition) is 1. The first-order valence-corrected chi connectivity index (χ1v) is 6.15. The molecule has 0 atom stereocenters. The van der Waals surface area contributed by atoms with Crippen LogP contribution >= 0.6 is 0 Å². The molecular weight excluding hydrogens is 232 g/mol. The number of likely N-dealkylation sites (tertiary alicyclic amines) is 1. The van der Waals surface area contributed by atoms with Gasteiger partial charge in [-0.1, -0.05) is 0 Å². The third-order valence-corrected chi connectivity index (χ3v) is 3.72. The number of carboxylic acid groups (broad SMARTS) is 1. The van der Waals surface area contributed by atoms with Crippen molar-refractivity contribution in [2.45, 2.75) is 19.8 Å². The number of piperidine rings is 1. The largest absolute Gasteiger partial charge is 0.481 e. The molecule has 18 heavy (non-hydrogen) atoms. The Hall–Kier alpha value is -1.78. The molecular formula is C13H18N2O3. The highest BCUT2D eigenvalue weighted by Crippen LogP contribution is 2.19. The average Bonchev–Trinajstić information content (AvgIpc) is 2.69. The first kappa shape index (κ1) is 12.7. The van der Waals surface area contributed by atoms with Crippen LogP contribution in [0.1, 0.15) is 29.0 Å². The monoisotopic (exact) mass is 250 g/mol. The summed E-state index contributed by atoms with van der Waals surface area (Å²) in [5, 5.41) is 8.92. The van der Waals surface area contributed by atoms with Gasteiger partial charge in [-0.2, -0.15) is 0 Å². The molecule has 1 saturated heterocycles. The van der Waals surface area contributed by atoms with E-state index < -0.39 is 5.97 Å². The summed E-state index contributed by atoms with van der Waals surface area (Å²) in [7, 11) is 1.87. The molecule has 5 nitrogen and oxygen atoms in total. The molecule has 98 valence electrons. The number of carboxylic acids is 1. The molecule has 5 heteroatoms. The summed E-state index contributed by atoms with van der Waals surface area (Å²) in [6.07, 6.45) is 1.09. The van der Waals surface area contributed by atoms with Gasteiger partial charge in [-0.25, -0.2) is 0 Å². The minimum Gasteiger partial charge on any atom is -0.481 e. The summed E-state index contributed by atoms with van der Waals surface area (Å²) in [4.78, 5) is 24.9. The smallest absolute Gasteiger partial charge is 0.306 e. The van der Waals surface area contributed by atoms with E-state index in [2.05, 4.69) is 0 Å². The molecule has 2 rings (SSSR count). The molecule has 0 radical (unpaired) electrons. The highest BCUT2D eigenvalue weighted by molar-refractivity contribution is 5.93. The van der Waals surface area contributed by atoms with E-state index in [1.807, 2.05) is 30.7 Å². The summed E-state index contributed by atoms with van der Waals surface area (Å²) in [6, 6.07) is 3.73. The van der Waals surface area contributed by atoms with Crippen molar-refractivity contribution in [3.05, 3.63) is 23.5 Å². The first-order chi connectivity index (χ1) is 8.50. The number of amides is 1. The number of carbonyl (C=O) groups excluding carboxylic acids is 1. The van der Waals surface area contributed by atoms with Crippen LogP contribution in [0.3, 0.4) is 0 Å². The first-order valence-electron chi connectivity index (χ1n) is 6.15. The number of aliphatic carboxylic acids is 1. The van der Waals surface area contributed by atoms with E-state index in [-0.39, 0.29) is 11.8 Å². The van der Waals surface area contributed by atoms with Gasteiger partial charge < -0.3 is 14.6 Å². The van der Waals surface area contributed by atoms with Crippen LogP contribution in [0, 0.1) is 12.8 Å². The van der Waals surface area contributed by atoms with Crippen LogP contribution in [-0.4, -0.2) is 39.5 Å². The summed E-state index contributed by atoms with van der Waals surface area (Å²) in [5.74, 6) is -1.06. The maximum absolute atomic E-state index is 12.3. The molecule has 0 spiro atoms. The lowest BCUT2D eigenvalue weighted by Gasteiger charge is -2.30. The second-order valence-electron chi connectivity index (χ2n) is 4.82. The van der Waals surface area contributed by atoms with Crippen LogP contribution in [0.15, 0.2) is 12.1 Å². The van der Waals surface area contributed by atoms with E-state index in [1.165, 1.54) is 0 Å². The van der Waals surface area contributed by atoms with E-state index in [9.17, 15) is 9.59 Å². The molecule has 1 amide bonds. The molecule has 1 aromatic heterocycles. The minimum absolute atomic E-state index is 0.00515. The van der Waals surface area contributed by atoms with Crippen LogP contribution in [0.25, 0.3) is 0 Å². The van der Waals surface area contributed by atoms with E-state index in [1.54, 1.807) is 4.90 Å². The highest BCUT2D eigenvalue weighted by atomic mass is 16.4. The van der Waals surface area contributed by atoms with Crippen molar-refractivity contribution in [2.24, 2.45) is 13.0 Å². The van der Waals surface area contributed by atoms with Crippen molar-refractivity contribution < 1.29 is 14.7 Å². The lowest BCUT2D eigenvalue weighted by Crippen LogP contribution is -2.40. The molecule has 2 heterocycles. The van der Waals surface area contributed by atoms with Gasteiger partial charge in [0, 0.05) is 25.8 Å². The average molecular weight is 250 g/mol. The van der Waals surface area contributed by atoms with Crippen molar-refractivity contribution in [1.82, 2.24) is 9.47 Å². The summed E-state index contributed by atoms with van der Waals surface area (Å²) in [6.45, 7) is 3.01. The molecule has 1 aliphatic heterocycles. The van der Waals surface area contributed by atoms with Gasteiger partial charge in [0.1, 0.15) is 5.69 Å². The molecule has 0 aliphatic carbocycles. The Kier molecular flexibility index (Phi) is 3.41. The quantitative estimate of drug-likeness (QED) is 0.859. The van der Waals surface area contributed by atoms with Crippen LogP contribution < -0.4 is 0 Å². The summed E-state index contributed by atoms with van der Waals surface area (Å²) >= 11 is 0. The zero-order valence-electron chi connectivity index (χ0n) is 10.7. The fraction of sp³-hybridized carbons (Fsp3) is 0.538. The van der Waals surface area contributed by atoms with Crippen LogP contribution in [0.5, 0.6) is 0 Å². The molecule has 0 aromatic carbocycles. The minimum atomic E-state index is -0.753. The van der Waals surface area contributed by atoms with E-state index >= 15 is 0 Å². The van der Waals surface area contributed by atoms with Crippen molar-refractivity contribution >= 4 is 11.9 Å². The SMILES string of the molecule is Cc1ccc(C(=O)N2CCC(C(=O)O)CC2)n1C. The second-order valence-corrected chi connectivity index (χ2v) is 4.82. The number of aromatic nitrogens is 1. The molecule has 1 fully saturated rings. The zero-order valence-corrected chi connectivity index (χ0v) is 10.7. The van der Waals surface area contributed by atoms with E-state index in [0.717, 1.165) is 5.69 Å². The van der Waals surface area contributed by atoms with E-state index in [4.69, 9.17) is 5.11 Å². The number of carbonyl (C=O) groups is 2. The third-order valence-electron chi connectivity index (χ3n) is 3.72. The van der Waals surface area contributed by atoms with E-state index in [0.29, 0.717) is 31.6 Å². The second kappa shape index (κ2) is 4.84. The van der Waals surface area contributed by atoms with Gasteiger partial charge in [-0.15, -0.1) is 0 Å². The zero-order chi connectivity index (χ0) is 13.3. The number of aryl methyl sites for hydroxylation is 1. The number of hydrogen-bond acceptors (Lipinski definition) is 2. The lowest BCUT2D eigenvalue weighted by molar-refractivity contribution is -0.143. The number of rotatable bonds is 2. The highest BCUT2D eigenvalue weighted by Gasteiger charge is 2.28. The molecule has 1 aliphatic rings. The Labute approximate surface area is 106 Å². The topological polar surface area (TPSA) is 62.5 Å². The van der Waals surface area contributed by atoms with Crippen molar-refractivity contribution in [3.63, 3.8) is 0 Å². The fourth-order valence-electron chi connectivity index (χ4n) is 2.32. The van der Waals surface area contributed by atoms with Crippen LogP contribution in [0.4, 0.5) is 0 Å². The molecule has 1 aromatic rings. The molecule has 0 saturated carbocycles. The maximum Gasteiger partial charge on any atom is 0.306 e. The number of nitrogens with zero attached hydrogens (tertiary/aromatic N) is 2. The van der Waals surface area contributed by atoms with Gasteiger partial charge in [-0.05, 0) is 31.9 Å². The van der Waals surface area contributed by atoms with Crippen LogP contribution in [0.2, 0.25) is 0 Å².